The first-order valence-electron chi connectivity index (χ1n) is 2.55. The number of amides is 3. The first kappa shape index (κ1) is 9.15. The molecule has 0 aliphatic heterocycles. The van der Waals surface area contributed by atoms with Gasteiger partial charge in [-0.15, -0.1) is 0 Å². The molecule has 0 heterocycles. The van der Waals surface area contributed by atoms with E-state index in [4.69, 9.17) is 10.8 Å². The summed E-state index contributed by atoms with van der Waals surface area (Å²) >= 11 is 0. The van der Waals surface area contributed by atoms with Crippen LogP contribution in [0.25, 0.3) is 0 Å². The van der Waals surface area contributed by atoms with Crippen molar-refractivity contribution < 1.29 is 14.7 Å². The molecule has 0 unspecified atom stereocenters. The van der Waals surface area contributed by atoms with Crippen LogP contribution in [-0.4, -0.2) is 23.3 Å². The highest BCUT2D eigenvalue weighted by Gasteiger charge is 2.00. The molecule has 0 atom stereocenters. The molecule has 0 radical (unpaired) electrons. The Morgan fingerprint density at radius 1 is 1.36 bits per heavy atom. The molecule has 6 heteroatoms. The van der Waals surface area contributed by atoms with Crippen molar-refractivity contribution in [2.75, 3.05) is 0 Å². The van der Waals surface area contributed by atoms with Gasteiger partial charge in [-0.05, 0) is 0 Å². The van der Waals surface area contributed by atoms with Gasteiger partial charge in [0.25, 0.3) is 5.91 Å². The number of carbonyl (C=O) groups excluding carboxylic acids is 2. The van der Waals surface area contributed by atoms with Crippen molar-refractivity contribution in [3.63, 3.8) is 0 Å². The molecule has 0 spiro atoms. The number of aliphatic hydroxyl groups is 1. The molecule has 6 nitrogen and oxygen atoms in total. The van der Waals surface area contributed by atoms with Crippen LogP contribution in [0.5, 0.6) is 0 Å². The first-order chi connectivity index (χ1) is 5.07. The number of nitrogens with zero attached hydrogens (tertiary/aromatic N) is 1. The summed E-state index contributed by atoms with van der Waals surface area (Å²) in [5.74, 6) is -0.891. The highest BCUT2D eigenvalue weighted by molar-refractivity contribution is 6.12. The number of hydrogen-bond donors (Lipinski definition) is 3. The van der Waals surface area contributed by atoms with Gasteiger partial charge in [0.2, 0.25) is 0 Å². The fourth-order valence-corrected chi connectivity index (χ4v) is 0.294. The van der Waals surface area contributed by atoms with Crippen LogP contribution in [0.4, 0.5) is 4.79 Å². The second kappa shape index (κ2) is 4.04. The van der Waals surface area contributed by atoms with Crippen molar-refractivity contribution >= 4 is 18.2 Å². The maximum absolute atomic E-state index is 10.3. The Hall–Kier alpha value is -1.85. The minimum absolute atomic E-state index is 0.288. The van der Waals surface area contributed by atoms with Gasteiger partial charge in [0.1, 0.15) is 0 Å². The zero-order chi connectivity index (χ0) is 8.85. The molecular weight excluding hydrogens is 150 g/mol. The van der Waals surface area contributed by atoms with E-state index in [0.29, 0.717) is 6.26 Å². The largest absolute Gasteiger partial charge is 0.515 e. The van der Waals surface area contributed by atoms with Crippen molar-refractivity contribution in [2.24, 2.45) is 16.5 Å². The van der Waals surface area contributed by atoms with E-state index in [1.165, 1.54) is 0 Å². The zero-order valence-corrected chi connectivity index (χ0v) is 5.52. The van der Waals surface area contributed by atoms with Crippen LogP contribution in [-0.2, 0) is 4.79 Å². The minimum Gasteiger partial charge on any atom is -0.515 e. The van der Waals surface area contributed by atoms with E-state index in [1.807, 2.05) is 0 Å². The van der Waals surface area contributed by atoms with Gasteiger partial charge in [-0.1, -0.05) is 0 Å². The summed E-state index contributed by atoms with van der Waals surface area (Å²) < 4.78 is 0. The Morgan fingerprint density at radius 3 is 2.18 bits per heavy atom. The Labute approximate surface area is 62.2 Å². The van der Waals surface area contributed by atoms with Crippen LogP contribution >= 0.6 is 0 Å². The molecule has 0 saturated carbocycles. The van der Waals surface area contributed by atoms with E-state index in [2.05, 4.69) is 10.7 Å². The van der Waals surface area contributed by atoms with Crippen molar-refractivity contribution in [3.05, 3.63) is 11.8 Å². The number of aliphatic imine (C=N–C) groups is 1. The fourth-order valence-electron chi connectivity index (χ4n) is 0.294. The third-order valence-corrected chi connectivity index (χ3v) is 0.754. The quantitative estimate of drug-likeness (QED) is 0.272. The summed E-state index contributed by atoms with van der Waals surface area (Å²) in [6.07, 6.45) is 1.22. The van der Waals surface area contributed by atoms with E-state index >= 15 is 0 Å². The Kier molecular flexibility index (Phi) is 3.36. The molecule has 0 aromatic carbocycles. The summed E-state index contributed by atoms with van der Waals surface area (Å²) in [4.78, 5) is 23.3. The Morgan fingerprint density at radius 2 is 1.91 bits per heavy atom. The van der Waals surface area contributed by atoms with E-state index in [0.717, 1.165) is 6.21 Å². The number of rotatable bonds is 2. The van der Waals surface area contributed by atoms with Crippen LogP contribution in [0.1, 0.15) is 0 Å². The van der Waals surface area contributed by atoms with Crippen LogP contribution in [0.2, 0.25) is 0 Å². The number of urea groups is 1. The number of nitrogens with two attached hydrogens (primary N) is 2. The number of primary amides is 2. The van der Waals surface area contributed by atoms with Gasteiger partial charge in [-0.2, -0.15) is 0 Å². The SMILES string of the molecule is NC(=O)/N=C/C(=C\O)C(N)=O. The summed E-state index contributed by atoms with van der Waals surface area (Å²) in [6, 6.07) is -0.967. The number of aliphatic hydroxyl groups excluding tert-OH is 1. The van der Waals surface area contributed by atoms with Gasteiger partial charge >= 0.3 is 6.03 Å². The molecule has 3 amide bonds. The zero-order valence-electron chi connectivity index (χ0n) is 5.52. The number of carbonyl (C=O) groups is 2. The van der Waals surface area contributed by atoms with Crippen LogP contribution in [0, 0.1) is 0 Å². The molecule has 0 aliphatic rings. The molecule has 0 aliphatic carbocycles. The third kappa shape index (κ3) is 3.68. The molecule has 0 aromatic heterocycles. The normalized spacial score (nSPS) is 11.8. The second-order valence-electron chi connectivity index (χ2n) is 1.55. The van der Waals surface area contributed by atoms with Gasteiger partial charge in [0.15, 0.2) is 0 Å². The van der Waals surface area contributed by atoms with E-state index in [9.17, 15) is 9.59 Å². The average Bonchev–Trinajstić information content (AvgIpc) is 1.87. The monoisotopic (exact) mass is 157 g/mol. The molecule has 0 fully saturated rings. The average molecular weight is 157 g/mol. The lowest BCUT2D eigenvalue weighted by molar-refractivity contribution is -0.114. The third-order valence-electron chi connectivity index (χ3n) is 0.754. The van der Waals surface area contributed by atoms with Crippen molar-refractivity contribution in [2.45, 2.75) is 0 Å². The van der Waals surface area contributed by atoms with Crippen molar-refractivity contribution in [1.82, 2.24) is 0 Å². The van der Waals surface area contributed by atoms with E-state index < -0.39 is 11.9 Å². The Bertz CT molecular complexity index is 231. The maximum Gasteiger partial charge on any atom is 0.338 e. The lowest BCUT2D eigenvalue weighted by atomic mass is 10.3. The Balaban J connectivity index is 4.34. The molecule has 0 rings (SSSR count). The predicted octanol–water partition coefficient (Wildman–Crippen LogP) is -0.937. The van der Waals surface area contributed by atoms with Gasteiger partial charge in [0.05, 0.1) is 11.8 Å². The van der Waals surface area contributed by atoms with Gasteiger partial charge < -0.3 is 16.6 Å². The molecule has 60 valence electrons. The van der Waals surface area contributed by atoms with Crippen molar-refractivity contribution in [3.8, 4) is 0 Å². The molecule has 5 N–H and O–H groups in total. The van der Waals surface area contributed by atoms with Gasteiger partial charge in [-0.3, -0.25) is 4.79 Å². The smallest absolute Gasteiger partial charge is 0.338 e. The molecule has 0 bridgehead atoms. The second-order valence-corrected chi connectivity index (χ2v) is 1.55. The summed E-state index contributed by atoms with van der Waals surface area (Å²) in [5.41, 5.74) is 9.03. The number of hydrogen-bond acceptors (Lipinski definition) is 3. The molecule has 11 heavy (non-hydrogen) atoms. The van der Waals surface area contributed by atoms with Crippen LogP contribution < -0.4 is 11.5 Å². The lowest BCUT2D eigenvalue weighted by Gasteiger charge is -1.89. The molecular formula is C5H7N3O3. The highest BCUT2D eigenvalue weighted by Crippen LogP contribution is 1.85. The van der Waals surface area contributed by atoms with Gasteiger partial charge in [-0.25, -0.2) is 9.79 Å². The molecule has 0 aromatic rings. The lowest BCUT2D eigenvalue weighted by Crippen LogP contribution is -2.16. The fraction of sp³-hybridized carbons (Fsp3) is 0. The van der Waals surface area contributed by atoms with E-state index in [1.54, 1.807) is 0 Å². The summed E-state index contributed by atoms with van der Waals surface area (Å²) in [5, 5.41) is 8.30. The van der Waals surface area contributed by atoms with E-state index in [-0.39, 0.29) is 5.57 Å². The van der Waals surface area contributed by atoms with Crippen LogP contribution in [0.15, 0.2) is 16.8 Å². The minimum atomic E-state index is -0.967. The highest BCUT2D eigenvalue weighted by atomic mass is 16.2. The topological polar surface area (TPSA) is 119 Å². The standard InChI is InChI=1S/C5H7N3O3/c6-4(10)3(2-9)1-8-5(7)11/h1-2,9H,(H2,6,10)(H2,7,11)/b3-2+,8-1+. The van der Waals surface area contributed by atoms with Crippen LogP contribution in [0.3, 0.4) is 0 Å². The summed E-state index contributed by atoms with van der Waals surface area (Å²) in [7, 11) is 0. The maximum atomic E-state index is 10.3. The van der Waals surface area contributed by atoms with Gasteiger partial charge in [0, 0.05) is 6.21 Å². The molecule has 0 saturated heterocycles. The first-order valence-corrected chi connectivity index (χ1v) is 2.55. The van der Waals surface area contributed by atoms with Crippen molar-refractivity contribution in [1.29, 1.82) is 0 Å². The summed E-state index contributed by atoms with van der Waals surface area (Å²) in [6.45, 7) is 0. The predicted molar refractivity (Wildman–Crippen MR) is 38.0 cm³/mol.